The highest BCUT2D eigenvalue weighted by Crippen LogP contribution is 2.46. The lowest BCUT2D eigenvalue weighted by atomic mass is 9.88. The van der Waals surface area contributed by atoms with Crippen LogP contribution in [-0.4, -0.2) is 41.9 Å². The quantitative estimate of drug-likeness (QED) is 0.0238. The highest BCUT2D eigenvalue weighted by atomic mass is 32.1. The number of aromatic nitrogens is 1. The summed E-state index contributed by atoms with van der Waals surface area (Å²) in [5.74, 6) is 2.55. The van der Waals surface area contributed by atoms with Gasteiger partial charge in [-0.3, -0.25) is 0 Å². The largest absolute Gasteiger partial charge is 0.493 e. The van der Waals surface area contributed by atoms with Gasteiger partial charge in [0.15, 0.2) is 0 Å². The number of nitrogens with zero attached hydrogens (tertiary/aromatic N) is 2. The second-order valence-corrected chi connectivity index (χ2v) is 21.3. The third-order valence-corrected chi connectivity index (χ3v) is 15.4. The van der Waals surface area contributed by atoms with Crippen molar-refractivity contribution in [3.05, 3.63) is 107 Å². The molecule has 0 aliphatic rings. The van der Waals surface area contributed by atoms with Crippen LogP contribution in [0.5, 0.6) is 23.0 Å². The molecule has 0 saturated carbocycles. The summed E-state index contributed by atoms with van der Waals surface area (Å²) in [6.45, 7) is 16.2. The molecule has 0 amide bonds. The van der Waals surface area contributed by atoms with Gasteiger partial charge in [0.25, 0.3) is 0 Å². The summed E-state index contributed by atoms with van der Waals surface area (Å²) >= 11 is 1.50. The van der Waals surface area contributed by atoms with Crippen LogP contribution in [-0.2, 0) is 11.2 Å². The first kappa shape index (κ1) is 58.3. The Bertz CT molecular complexity index is 2740. The van der Waals surface area contributed by atoms with Crippen LogP contribution in [0.2, 0.25) is 0 Å². The van der Waals surface area contributed by atoms with Crippen molar-refractivity contribution in [2.45, 2.75) is 176 Å². The smallest absolute Gasteiger partial charge is 0.346 e. The normalized spacial score (nSPS) is 12.0. The number of carbonyl (C=O) groups is 1. The van der Waals surface area contributed by atoms with Crippen LogP contribution < -0.4 is 18.9 Å². The molecule has 3 heterocycles. The lowest BCUT2D eigenvalue weighted by Crippen LogP contribution is -2.04. The van der Waals surface area contributed by atoms with Crippen molar-refractivity contribution >= 4 is 28.9 Å². The second kappa shape index (κ2) is 31.8. The van der Waals surface area contributed by atoms with Crippen molar-refractivity contribution < 1.29 is 28.8 Å². The fourth-order valence-electron chi connectivity index (χ4n) is 9.90. The van der Waals surface area contributed by atoms with Crippen LogP contribution in [0.15, 0.2) is 96.7 Å². The Morgan fingerprint density at radius 1 is 0.600 bits per heavy atom. The Hall–Kier alpha value is -5.98. The summed E-state index contributed by atoms with van der Waals surface area (Å²) in [5, 5.41) is 19.5. The summed E-state index contributed by atoms with van der Waals surface area (Å²) in [6.07, 6.45) is 27.2. The molecular weight excluding hydrogens is 949 g/mol. The first-order valence-corrected chi connectivity index (χ1v) is 29.6. The van der Waals surface area contributed by atoms with E-state index >= 15 is 0 Å². The molecule has 6 aromatic rings. The van der Waals surface area contributed by atoms with Crippen LogP contribution in [0.3, 0.4) is 0 Å². The number of benzene rings is 3. The first-order chi connectivity index (χ1) is 36.8. The Morgan fingerprint density at radius 2 is 1.12 bits per heavy atom. The van der Waals surface area contributed by atoms with E-state index in [4.69, 9.17) is 18.9 Å². The molecule has 402 valence electrons. The van der Waals surface area contributed by atoms with Crippen LogP contribution in [0.4, 0.5) is 0 Å². The highest BCUT2D eigenvalue weighted by molar-refractivity contribution is 7.16. The van der Waals surface area contributed by atoms with E-state index in [9.17, 15) is 15.2 Å². The molecule has 1 atom stereocenters. The van der Waals surface area contributed by atoms with Gasteiger partial charge in [0.05, 0.1) is 42.5 Å². The monoisotopic (exact) mass is 1030 g/mol. The Kier molecular flexibility index (Phi) is 24.7. The van der Waals surface area contributed by atoms with Gasteiger partial charge in [0.2, 0.25) is 0 Å². The van der Waals surface area contributed by atoms with E-state index in [0.717, 1.165) is 156 Å². The fourth-order valence-corrected chi connectivity index (χ4v) is 10.9. The third-order valence-electron chi connectivity index (χ3n) is 14.3. The molecule has 75 heavy (non-hydrogen) atoms. The van der Waals surface area contributed by atoms with Crippen molar-refractivity contribution in [3.8, 4) is 73.0 Å². The van der Waals surface area contributed by atoms with Gasteiger partial charge in [-0.15, -0.1) is 11.3 Å². The standard InChI is InChI=1S/C66H86N2O6S/c1-7-13-18-22-39-71-54-31-34-57(61(46-54)73-41-24-20-15-9-3)50-27-29-51(30-28-50)64-59(43-49(12-6)26-17-11-5)60-45-52(37-38-68(60)65(64)63-36-33-56(75-63)44-53(48-67)66(69)70)58-35-32-55(72-40-23-19-14-8-2)47-62(58)74-42-25-21-16-10-4/h27-38,44-47,49H,7-26,39-43H2,1-6H3,(H,69,70)/b53-44-. The summed E-state index contributed by atoms with van der Waals surface area (Å²) in [4.78, 5) is 13.7. The van der Waals surface area contributed by atoms with E-state index in [-0.39, 0.29) is 5.57 Å². The lowest BCUT2D eigenvalue weighted by Gasteiger charge is -2.17. The Balaban J connectivity index is 1.52. The molecule has 0 saturated heterocycles. The number of carboxylic acid groups (broad SMARTS) is 1. The minimum Gasteiger partial charge on any atom is -0.493 e. The van der Waals surface area contributed by atoms with Crippen molar-refractivity contribution in [1.82, 2.24) is 4.40 Å². The zero-order chi connectivity index (χ0) is 53.2. The van der Waals surface area contributed by atoms with Crippen molar-refractivity contribution in [1.29, 1.82) is 5.26 Å². The van der Waals surface area contributed by atoms with Crippen LogP contribution in [0, 0.1) is 17.2 Å². The van der Waals surface area contributed by atoms with E-state index in [1.165, 1.54) is 74.3 Å². The number of pyridine rings is 1. The van der Waals surface area contributed by atoms with Gasteiger partial charge in [-0.25, -0.2) is 4.79 Å². The van der Waals surface area contributed by atoms with Crippen molar-refractivity contribution in [2.75, 3.05) is 26.4 Å². The predicted molar refractivity (Wildman–Crippen MR) is 314 cm³/mol. The zero-order valence-electron chi connectivity index (χ0n) is 46.3. The number of ether oxygens (including phenoxy) is 4. The molecule has 1 N–H and O–H groups in total. The minimum absolute atomic E-state index is 0.293. The van der Waals surface area contributed by atoms with Crippen LogP contribution >= 0.6 is 11.3 Å². The predicted octanol–water partition coefficient (Wildman–Crippen LogP) is 19.3. The first-order valence-electron chi connectivity index (χ1n) is 28.8. The van der Waals surface area contributed by atoms with Crippen LogP contribution in [0.1, 0.15) is 180 Å². The van der Waals surface area contributed by atoms with Gasteiger partial charge >= 0.3 is 5.97 Å². The number of fused-ring (bicyclic) bond motifs is 1. The molecular formula is C66H86N2O6S. The second-order valence-electron chi connectivity index (χ2n) is 20.2. The summed E-state index contributed by atoms with van der Waals surface area (Å²) in [7, 11) is 0. The van der Waals surface area contributed by atoms with E-state index < -0.39 is 5.97 Å². The molecule has 0 aliphatic heterocycles. The van der Waals surface area contributed by atoms with Gasteiger partial charge in [-0.2, -0.15) is 5.26 Å². The number of aliphatic carboxylic acids is 1. The average Bonchev–Trinajstić information content (AvgIpc) is 4.03. The molecule has 3 aromatic heterocycles. The van der Waals surface area contributed by atoms with Gasteiger partial charge in [0, 0.05) is 39.9 Å². The number of hydrogen-bond acceptors (Lipinski definition) is 7. The number of hydrogen-bond donors (Lipinski definition) is 1. The van der Waals surface area contributed by atoms with Crippen molar-refractivity contribution in [3.63, 3.8) is 0 Å². The lowest BCUT2D eigenvalue weighted by molar-refractivity contribution is -0.132. The average molecular weight is 1040 g/mol. The molecule has 8 nitrogen and oxygen atoms in total. The van der Waals surface area contributed by atoms with Gasteiger partial charge in [-0.05, 0) is 115 Å². The third kappa shape index (κ3) is 17.0. The van der Waals surface area contributed by atoms with E-state index in [0.29, 0.717) is 37.2 Å². The number of carboxylic acids is 1. The molecule has 0 aliphatic carbocycles. The van der Waals surface area contributed by atoms with Gasteiger partial charge in [0.1, 0.15) is 34.6 Å². The SMILES string of the molecule is CCCCCCOc1ccc(-c2ccc(-c3c(CC(CC)CCCC)c4cc(-c5ccc(OCCCCCC)cc5OCCCCCC)ccn4c3-c3ccc(/C=C(/C#N)C(=O)O)s3)cc2)c(OCCCCCC)c1. The topological polar surface area (TPSA) is 102 Å². The highest BCUT2D eigenvalue weighted by Gasteiger charge is 2.26. The molecule has 1 unspecified atom stereocenters. The molecule has 3 aromatic carbocycles. The van der Waals surface area contributed by atoms with E-state index in [1.807, 2.05) is 12.1 Å². The maximum Gasteiger partial charge on any atom is 0.346 e. The molecule has 0 bridgehead atoms. The number of thiophene rings is 1. The Morgan fingerprint density at radius 3 is 1.63 bits per heavy atom. The number of nitriles is 1. The number of rotatable bonds is 36. The molecule has 0 radical (unpaired) electrons. The van der Waals surface area contributed by atoms with Gasteiger partial charge < -0.3 is 28.5 Å². The zero-order valence-corrected chi connectivity index (χ0v) is 47.1. The number of unbranched alkanes of at least 4 members (excludes halogenated alkanes) is 13. The molecule has 0 fully saturated rings. The van der Waals surface area contributed by atoms with E-state index in [1.54, 1.807) is 0 Å². The minimum atomic E-state index is -1.24. The summed E-state index contributed by atoms with van der Waals surface area (Å²) in [6, 6.07) is 32.0. The molecule has 0 spiro atoms. The maximum absolute atomic E-state index is 12.0. The summed E-state index contributed by atoms with van der Waals surface area (Å²) in [5.41, 5.74) is 9.60. The van der Waals surface area contributed by atoms with Crippen LogP contribution in [0.25, 0.3) is 55.5 Å². The molecule has 9 heteroatoms. The molecule has 6 rings (SSSR count). The van der Waals surface area contributed by atoms with Crippen molar-refractivity contribution in [2.24, 2.45) is 5.92 Å². The van der Waals surface area contributed by atoms with E-state index in [2.05, 4.69) is 131 Å². The van der Waals surface area contributed by atoms with Gasteiger partial charge in [-0.1, -0.05) is 169 Å². The Labute approximate surface area is 454 Å². The fraction of sp³-hybridized carbons (Fsp3) is 0.485. The summed E-state index contributed by atoms with van der Waals surface area (Å²) < 4.78 is 28.2. The maximum atomic E-state index is 12.0.